The van der Waals surface area contributed by atoms with E-state index in [4.69, 9.17) is 18.9 Å². The van der Waals surface area contributed by atoms with E-state index in [-0.39, 0.29) is 37.7 Å². The average Bonchev–Trinajstić information content (AvgIpc) is 3.66. The molecule has 2 aliphatic rings. The molecule has 3 aromatic carbocycles. The molecule has 1 amide bonds. The van der Waals surface area contributed by atoms with E-state index in [9.17, 15) is 19.1 Å². The van der Waals surface area contributed by atoms with Crippen LogP contribution in [0.25, 0.3) is 0 Å². The van der Waals surface area contributed by atoms with E-state index in [0.717, 1.165) is 31.2 Å². The van der Waals surface area contributed by atoms with Crippen LogP contribution in [0.1, 0.15) is 56.6 Å². The molecule has 3 aromatic rings. The van der Waals surface area contributed by atoms with Crippen LogP contribution in [0.3, 0.4) is 0 Å². The van der Waals surface area contributed by atoms with Crippen LogP contribution in [-0.4, -0.2) is 67.6 Å². The molecule has 0 radical (unpaired) electrons. The predicted molar refractivity (Wildman–Crippen MR) is 173 cm³/mol. The standard InChI is InChI=1S/C36H43FN2O7/c1-5-9-25(10-6-2)39(26-14-15-28(37)23(3)17-26)34(40)20-38-19-27(24-13-16-32-33(18-24)46-22-45-32)35(36(41)42)29(38)21-44-31-12-8-7-11-30(31)43-4/h7-8,11-18,25,27,29,35H,5-6,9-10,19-22H2,1-4H3,(H,41,42). The highest BCUT2D eigenvalue weighted by atomic mass is 19.1. The normalized spacial score (nSPS) is 19.0. The van der Waals surface area contributed by atoms with Crippen molar-refractivity contribution in [2.24, 2.45) is 5.92 Å². The molecule has 1 fully saturated rings. The molecule has 3 atom stereocenters. The van der Waals surface area contributed by atoms with Crippen LogP contribution in [0.15, 0.2) is 60.7 Å². The summed E-state index contributed by atoms with van der Waals surface area (Å²) < 4.78 is 37.1. The van der Waals surface area contributed by atoms with Crippen molar-refractivity contribution in [3.05, 3.63) is 77.6 Å². The summed E-state index contributed by atoms with van der Waals surface area (Å²) in [6, 6.07) is 16.7. The fourth-order valence-corrected chi connectivity index (χ4v) is 6.75. The molecule has 3 unspecified atom stereocenters. The van der Waals surface area contributed by atoms with E-state index in [1.54, 1.807) is 49.3 Å². The molecule has 246 valence electrons. The number of amides is 1. The zero-order valence-corrected chi connectivity index (χ0v) is 26.9. The number of carbonyl (C=O) groups is 2. The molecule has 2 heterocycles. The Hall–Kier alpha value is -4.31. The first kappa shape index (κ1) is 33.1. The van der Waals surface area contributed by atoms with Gasteiger partial charge in [-0.25, -0.2) is 4.39 Å². The molecule has 0 bridgehead atoms. The van der Waals surface area contributed by atoms with E-state index in [1.165, 1.54) is 6.07 Å². The number of benzene rings is 3. The number of anilines is 1. The van der Waals surface area contributed by atoms with E-state index in [2.05, 4.69) is 13.8 Å². The van der Waals surface area contributed by atoms with Crippen LogP contribution in [-0.2, 0) is 9.59 Å². The number of halogens is 1. The predicted octanol–water partition coefficient (Wildman–Crippen LogP) is 6.42. The number of aryl methyl sites for hydroxylation is 1. The van der Waals surface area contributed by atoms with Crippen molar-refractivity contribution >= 4 is 17.6 Å². The van der Waals surface area contributed by atoms with Gasteiger partial charge in [-0.1, -0.05) is 44.9 Å². The molecule has 5 rings (SSSR count). The Morgan fingerprint density at radius 1 is 1.02 bits per heavy atom. The van der Waals surface area contributed by atoms with E-state index in [1.807, 2.05) is 29.2 Å². The number of para-hydroxylation sites is 2. The molecule has 0 spiro atoms. The van der Waals surface area contributed by atoms with E-state index >= 15 is 0 Å². The van der Waals surface area contributed by atoms with Gasteiger partial charge in [-0.15, -0.1) is 0 Å². The monoisotopic (exact) mass is 634 g/mol. The third-order valence-electron chi connectivity index (χ3n) is 8.97. The number of aliphatic carboxylic acids is 1. The molecule has 0 aromatic heterocycles. The second kappa shape index (κ2) is 14.9. The van der Waals surface area contributed by atoms with Crippen LogP contribution in [0.4, 0.5) is 10.1 Å². The minimum atomic E-state index is -0.980. The van der Waals surface area contributed by atoms with Gasteiger partial charge in [-0.2, -0.15) is 0 Å². The molecule has 1 N–H and O–H groups in total. The van der Waals surface area contributed by atoms with E-state index in [0.29, 0.717) is 40.8 Å². The van der Waals surface area contributed by atoms with Crippen LogP contribution in [0, 0.1) is 18.7 Å². The number of carboxylic acids is 1. The lowest BCUT2D eigenvalue weighted by atomic mass is 9.85. The highest BCUT2D eigenvalue weighted by molar-refractivity contribution is 5.95. The molecular formula is C36H43FN2O7. The van der Waals surface area contributed by atoms with Crippen LogP contribution in [0.5, 0.6) is 23.0 Å². The van der Waals surface area contributed by atoms with Crippen molar-refractivity contribution in [3.8, 4) is 23.0 Å². The van der Waals surface area contributed by atoms with Gasteiger partial charge in [0.2, 0.25) is 12.7 Å². The van der Waals surface area contributed by atoms with Gasteiger partial charge in [0.15, 0.2) is 23.0 Å². The van der Waals surface area contributed by atoms with Crippen LogP contribution in [0.2, 0.25) is 0 Å². The topological polar surface area (TPSA) is 97.8 Å². The molecule has 46 heavy (non-hydrogen) atoms. The quantitative estimate of drug-likeness (QED) is 0.217. The summed E-state index contributed by atoms with van der Waals surface area (Å²) in [5.41, 5.74) is 1.88. The highest BCUT2D eigenvalue weighted by Gasteiger charge is 2.48. The average molecular weight is 635 g/mol. The maximum atomic E-state index is 14.4. The Morgan fingerprint density at radius 3 is 2.41 bits per heavy atom. The smallest absolute Gasteiger partial charge is 0.308 e. The van der Waals surface area contributed by atoms with Crippen molar-refractivity contribution < 1.29 is 38.0 Å². The Kier molecular flexibility index (Phi) is 10.7. The number of likely N-dealkylation sites (tertiary alicyclic amines) is 1. The summed E-state index contributed by atoms with van der Waals surface area (Å²) in [5, 5.41) is 10.6. The van der Waals surface area contributed by atoms with Crippen molar-refractivity contribution in [2.45, 2.75) is 64.5 Å². The lowest BCUT2D eigenvalue weighted by molar-refractivity contribution is -0.143. The fourth-order valence-electron chi connectivity index (χ4n) is 6.75. The summed E-state index contributed by atoms with van der Waals surface area (Å²) in [7, 11) is 1.55. The first-order valence-electron chi connectivity index (χ1n) is 16.0. The lowest BCUT2D eigenvalue weighted by Gasteiger charge is -2.35. The molecule has 1 saturated heterocycles. The Balaban J connectivity index is 1.50. The highest BCUT2D eigenvalue weighted by Crippen LogP contribution is 2.42. The van der Waals surface area contributed by atoms with Gasteiger partial charge < -0.3 is 29.0 Å². The number of methoxy groups -OCH3 is 1. The number of carbonyl (C=O) groups excluding carboxylic acids is 1. The fraction of sp³-hybridized carbons (Fsp3) is 0.444. The molecule has 9 nitrogen and oxygen atoms in total. The third kappa shape index (κ3) is 7.07. The van der Waals surface area contributed by atoms with Gasteiger partial charge in [0.25, 0.3) is 0 Å². The van der Waals surface area contributed by atoms with Crippen molar-refractivity contribution in [1.29, 1.82) is 0 Å². The number of fused-ring (bicyclic) bond motifs is 1. The summed E-state index contributed by atoms with van der Waals surface area (Å²) in [6.45, 7) is 6.26. The second-order valence-electron chi connectivity index (χ2n) is 12.0. The first-order chi connectivity index (χ1) is 22.2. The minimum Gasteiger partial charge on any atom is -0.493 e. The minimum absolute atomic E-state index is 0.0225. The van der Waals surface area contributed by atoms with E-state index < -0.39 is 23.8 Å². The van der Waals surface area contributed by atoms with Gasteiger partial charge in [0.05, 0.1) is 25.6 Å². The number of ether oxygens (including phenoxy) is 4. The van der Waals surface area contributed by atoms with Crippen LogP contribution >= 0.6 is 0 Å². The van der Waals surface area contributed by atoms with Crippen molar-refractivity contribution in [3.63, 3.8) is 0 Å². The maximum Gasteiger partial charge on any atom is 0.308 e. The zero-order valence-electron chi connectivity index (χ0n) is 26.9. The Labute approximate surface area is 269 Å². The molecule has 2 aliphatic heterocycles. The van der Waals surface area contributed by atoms with Gasteiger partial charge in [0.1, 0.15) is 12.4 Å². The summed E-state index contributed by atoms with van der Waals surface area (Å²) in [5.74, 6) is -0.618. The maximum absolute atomic E-state index is 14.4. The molecule has 0 saturated carbocycles. The number of rotatable bonds is 14. The molecule has 0 aliphatic carbocycles. The third-order valence-corrected chi connectivity index (χ3v) is 8.97. The summed E-state index contributed by atoms with van der Waals surface area (Å²) >= 11 is 0. The van der Waals surface area contributed by atoms with Crippen molar-refractivity contribution in [1.82, 2.24) is 4.90 Å². The summed E-state index contributed by atoms with van der Waals surface area (Å²) in [6.07, 6.45) is 3.32. The van der Waals surface area contributed by atoms with Crippen LogP contribution < -0.4 is 23.8 Å². The SMILES string of the molecule is CCCC(CCC)N(C(=O)CN1CC(c2ccc3c(c2)OCO3)C(C(=O)O)C1COc1ccccc1OC)c1ccc(F)c(C)c1. The molecular weight excluding hydrogens is 591 g/mol. The second-order valence-corrected chi connectivity index (χ2v) is 12.0. The number of nitrogens with zero attached hydrogens (tertiary/aromatic N) is 2. The first-order valence-corrected chi connectivity index (χ1v) is 16.0. The number of hydrogen-bond acceptors (Lipinski definition) is 7. The van der Waals surface area contributed by atoms with Gasteiger partial charge >= 0.3 is 5.97 Å². The van der Waals surface area contributed by atoms with Crippen molar-refractivity contribution in [2.75, 3.05) is 38.5 Å². The lowest BCUT2D eigenvalue weighted by Crippen LogP contribution is -2.49. The molecule has 10 heteroatoms. The Bertz CT molecular complexity index is 1530. The Morgan fingerprint density at radius 2 is 1.74 bits per heavy atom. The van der Waals surface area contributed by atoms with Gasteiger partial charge in [-0.3, -0.25) is 14.5 Å². The zero-order chi connectivity index (χ0) is 32.8. The number of carboxylic acid groups (broad SMARTS) is 1. The van der Waals surface area contributed by atoms with Gasteiger partial charge in [-0.05, 0) is 73.4 Å². The van der Waals surface area contributed by atoms with Gasteiger partial charge in [0, 0.05) is 24.2 Å². The summed E-state index contributed by atoms with van der Waals surface area (Å²) in [4.78, 5) is 31.1. The number of hydrogen-bond donors (Lipinski definition) is 1. The largest absolute Gasteiger partial charge is 0.493 e.